The van der Waals surface area contributed by atoms with Gasteiger partial charge >= 0.3 is 0 Å². The summed E-state index contributed by atoms with van der Waals surface area (Å²) in [7, 11) is 0. The first-order valence-corrected chi connectivity index (χ1v) is 7.97. The normalized spacial score (nSPS) is 15.1. The maximum Gasteiger partial charge on any atom is 0.135 e. The standard InChI is InChI=1S/C18H24N4/c1-18(2,3)14-8-4-5-9-15(14)21-16-12-17(20-13-19-16)22-10-6-7-11-22/h4-5,8-9,12-13H,6-7,10-11H2,1-3H3,(H,19,20,21). The monoisotopic (exact) mass is 296 g/mol. The number of hydrogen-bond acceptors (Lipinski definition) is 4. The molecule has 0 aliphatic carbocycles. The molecule has 22 heavy (non-hydrogen) atoms. The third-order valence-corrected chi connectivity index (χ3v) is 4.08. The number of anilines is 3. The van der Waals surface area contributed by atoms with Crippen molar-refractivity contribution < 1.29 is 0 Å². The number of nitrogens with one attached hydrogen (secondary N) is 1. The van der Waals surface area contributed by atoms with Gasteiger partial charge in [0, 0.05) is 24.8 Å². The van der Waals surface area contributed by atoms with E-state index < -0.39 is 0 Å². The Labute approximate surface area is 132 Å². The van der Waals surface area contributed by atoms with Crippen LogP contribution in [-0.4, -0.2) is 23.1 Å². The summed E-state index contributed by atoms with van der Waals surface area (Å²) < 4.78 is 0. The largest absolute Gasteiger partial charge is 0.356 e. The van der Waals surface area contributed by atoms with Crippen LogP contribution in [0, 0.1) is 0 Å². The van der Waals surface area contributed by atoms with Gasteiger partial charge in [0.1, 0.15) is 18.0 Å². The highest BCUT2D eigenvalue weighted by Gasteiger charge is 2.18. The Morgan fingerprint density at radius 3 is 2.50 bits per heavy atom. The second-order valence-electron chi connectivity index (χ2n) is 6.88. The maximum absolute atomic E-state index is 4.41. The topological polar surface area (TPSA) is 41.0 Å². The molecule has 116 valence electrons. The van der Waals surface area contributed by atoms with Gasteiger partial charge in [-0.2, -0.15) is 0 Å². The summed E-state index contributed by atoms with van der Waals surface area (Å²) in [6, 6.07) is 10.5. The highest BCUT2D eigenvalue weighted by Crippen LogP contribution is 2.31. The summed E-state index contributed by atoms with van der Waals surface area (Å²) >= 11 is 0. The number of para-hydroxylation sites is 1. The van der Waals surface area contributed by atoms with Gasteiger partial charge in [-0.25, -0.2) is 9.97 Å². The summed E-state index contributed by atoms with van der Waals surface area (Å²) in [5.41, 5.74) is 2.49. The fraction of sp³-hybridized carbons (Fsp3) is 0.444. The molecule has 0 saturated carbocycles. The number of hydrogen-bond donors (Lipinski definition) is 1. The SMILES string of the molecule is CC(C)(C)c1ccccc1Nc1cc(N2CCCC2)ncn1. The first-order valence-electron chi connectivity index (χ1n) is 7.97. The average Bonchev–Trinajstić information content (AvgIpc) is 3.01. The molecule has 1 aromatic carbocycles. The highest BCUT2D eigenvalue weighted by atomic mass is 15.2. The van der Waals surface area contributed by atoms with Gasteiger partial charge in [-0.05, 0) is 29.9 Å². The smallest absolute Gasteiger partial charge is 0.135 e. The zero-order chi connectivity index (χ0) is 15.6. The minimum absolute atomic E-state index is 0.0917. The van der Waals surface area contributed by atoms with Gasteiger partial charge in [-0.1, -0.05) is 39.0 Å². The lowest BCUT2D eigenvalue weighted by atomic mass is 9.86. The summed E-state index contributed by atoms with van der Waals surface area (Å²) in [4.78, 5) is 11.1. The molecule has 1 N–H and O–H groups in total. The summed E-state index contributed by atoms with van der Waals surface area (Å²) in [6.45, 7) is 8.86. The number of benzene rings is 1. The van der Waals surface area contributed by atoms with Gasteiger partial charge in [0.25, 0.3) is 0 Å². The molecule has 0 bridgehead atoms. The molecule has 1 fully saturated rings. The van der Waals surface area contributed by atoms with Gasteiger partial charge in [0.05, 0.1) is 0 Å². The second-order valence-corrected chi connectivity index (χ2v) is 6.88. The Morgan fingerprint density at radius 1 is 1.05 bits per heavy atom. The van der Waals surface area contributed by atoms with Crippen LogP contribution in [-0.2, 0) is 5.41 Å². The Kier molecular flexibility index (Phi) is 4.01. The van der Waals surface area contributed by atoms with E-state index in [0.717, 1.165) is 30.4 Å². The molecule has 4 heteroatoms. The van der Waals surface area contributed by atoms with E-state index in [9.17, 15) is 0 Å². The van der Waals surface area contributed by atoms with Crippen molar-refractivity contribution in [1.29, 1.82) is 0 Å². The molecule has 0 radical (unpaired) electrons. The van der Waals surface area contributed by atoms with Gasteiger partial charge in [0.2, 0.25) is 0 Å². The predicted octanol–water partition coefficient (Wildman–Crippen LogP) is 4.12. The van der Waals surface area contributed by atoms with Crippen LogP contribution in [0.15, 0.2) is 36.7 Å². The van der Waals surface area contributed by atoms with Crippen molar-refractivity contribution in [2.24, 2.45) is 0 Å². The highest BCUT2D eigenvalue weighted by molar-refractivity contribution is 5.64. The quantitative estimate of drug-likeness (QED) is 0.925. The van der Waals surface area contributed by atoms with E-state index in [-0.39, 0.29) is 5.41 Å². The first-order chi connectivity index (χ1) is 10.5. The first kappa shape index (κ1) is 14.8. The van der Waals surface area contributed by atoms with Crippen molar-refractivity contribution in [1.82, 2.24) is 9.97 Å². The van der Waals surface area contributed by atoms with Crippen LogP contribution in [0.25, 0.3) is 0 Å². The van der Waals surface area contributed by atoms with Crippen molar-refractivity contribution in [2.75, 3.05) is 23.3 Å². The van der Waals surface area contributed by atoms with Crippen molar-refractivity contribution in [3.05, 3.63) is 42.2 Å². The molecule has 4 nitrogen and oxygen atoms in total. The van der Waals surface area contributed by atoms with E-state index in [4.69, 9.17) is 0 Å². The molecule has 0 atom stereocenters. The van der Waals surface area contributed by atoms with Crippen LogP contribution in [0.5, 0.6) is 0 Å². The number of nitrogens with zero attached hydrogens (tertiary/aromatic N) is 3. The lowest BCUT2D eigenvalue weighted by molar-refractivity contribution is 0.592. The molecule has 2 aromatic rings. The molecule has 3 rings (SSSR count). The second kappa shape index (κ2) is 5.95. The van der Waals surface area contributed by atoms with E-state index in [1.165, 1.54) is 18.4 Å². The van der Waals surface area contributed by atoms with E-state index in [1.54, 1.807) is 6.33 Å². The van der Waals surface area contributed by atoms with Crippen LogP contribution < -0.4 is 10.2 Å². The zero-order valence-corrected chi connectivity index (χ0v) is 13.6. The lowest BCUT2D eigenvalue weighted by Gasteiger charge is -2.23. The third-order valence-electron chi connectivity index (χ3n) is 4.08. The molecular weight excluding hydrogens is 272 g/mol. The lowest BCUT2D eigenvalue weighted by Crippen LogP contribution is -2.19. The molecule has 0 unspecified atom stereocenters. The van der Waals surface area contributed by atoms with Gasteiger partial charge in [-0.15, -0.1) is 0 Å². The Morgan fingerprint density at radius 2 is 1.77 bits per heavy atom. The Balaban J connectivity index is 1.86. The summed E-state index contributed by atoms with van der Waals surface area (Å²) in [5, 5.41) is 3.47. The fourth-order valence-corrected chi connectivity index (χ4v) is 2.92. The zero-order valence-electron chi connectivity index (χ0n) is 13.6. The third kappa shape index (κ3) is 3.21. The van der Waals surface area contributed by atoms with Gasteiger partial charge in [-0.3, -0.25) is 0 Å². The van der Waals surface area contributed by atoms with E-state index in [1.807, 2.05) is 6.07 Å². The van der Waals surface area contributed by atoms with Crippen LogP contribution in [0.3, 0.4) is 0 Å². The molecular formula is C18H24N4. The van der Waals surface area contributed by atoms with Gasteiger partial charge in [0.15, 0.2) is 0 Å². The molecule has 1 aliphatic rings. The predicted molar refractivity (Wildman–Crippen MR) is 91.9 cm³/mol. The van der Waals surface area contributed by atoms with Crippen LogP contribution >= 0.6 is 0 Å². The van der Waals surface area contributed by atoms with Crippen LogP contribution in [0.1, 0.15) is 39.2 Å². The molecule has 1 aliphatic heterocycles. The Hall–Kier alpha value is -2.10. The molecule has 0 spiro atoms. The minimum Gasteiger partial charge on any atom is -0.356 e. The molecule has 0 amide bonds. The van der Waals surface area contributed by atoms with E-state index in [2.05, 4.69) is 65.2 Å². The summed E-state index contributed by atoms with van der Waals surface area (Å²) in [5.74, 6) is 1.87. The fourth-order valence-electron chi connectivity index (χ4n) is 2.92. The van der Waals surface area contributed by atoms with E-state index in [0.29, 0.717) is 0 Å². The van der Waals surface area contributed by atoms with E-state index >= 15 is 0 Å². The molecule has 1 saturated heterocycles. The summed E-state index contributed by atoms with van der Waals surface area (Å²) in [6.07, 6.45) is 4.15. The van der Waals surface area contributed by atoms with Gasteiger partial charge < -0.3 is 10.2 Å². The number of rotatable bonds is 3. The minimum atomic E-state index is 0.0917. The maximum atomic E-state index is 4.41. The van der Waals surface area contributed by atoms with Crippen LogP contribution in [0.4, 0.5) is 17.3 Å². The molecule has 1 aromatic heterocycles. The van der Waals surface area contributed by atoms with Crippen molar-refractivity contribution in [3.63, 3.8) is 0 Å². The number of aromatic nitrogens is 2. The molecule has 2 heterocycles. The van der Waals surface area contributed by atoms with Crippen LogP contribution in [0.2, 0.25) is 0 Å². The van der Waals surface area contributed by atoms with Crippen molar-refractivity contribution >= 4 is 17.3 Å². The van der Waals surface area contributed by atoms with Crippen molar-refractivity contribution in [2.45, 2.75) is 39.0 Å². The van der Waals surface area contributed by atoms with Crippen molar-refractivity contribution in [3.8, 4) is 0 Å². The average molecular weight is 296 g/mol. The Bertz CT molecular complexity index is 640.